The van der Waals surface area contributed by atoms with Crippen LogP contribution in [0.15, 0.2) is 18.2 Å². The summed E-state index contributed by atoms with van der Waals surface area (Å²) in [6.45, 7) is 5.13. The molecule has 0 spiro atoms. The van der Waals surface area contributed by atoms with Crippen LogP contribution in [0, 0.1) is 12.8 Å². The molecule has 1 aliphatic heterocycles. The zero-order valence-electron chi connectivity index (χ0n) is 14.3. The molecule has 1 fully saturated rings. The molecule has 0 aromatic heterocycles. The van der Waals surface area contributed by atoms with Crippen LogP contribution >= 0.6 is 12.4 Å². The van der Waals surface area contributed by atoms with Gasteiger partial charge >= 0.3 is 0 Å². The van der Waals surface area contributed by atoms with E-state index in [4.69, 9.17) is 9.84 Å². The molecule has 0 unspecified atom stereocenters. The van der Waals surface area contributed by atoms with E-state index < -0.39 is 0 Å². The van der Waals surface area contributed by atoms with E-state index in [0.717, 1.165) is 43.3 Å². The Morgan fingerprint density at radius 1 is 1.38 bits per heavy atom. The van der Waals surface area contributed by atoms with Crippen LogP contribution in [-0.4, -0.2) is 43.9 Å². The number of aliphatic hydroxyl groups excluding tert-OH is 1. The van der Waals surface area contributed by atoms with E-state index >= 15 is 0 Å². The highest BCUT2D eigenvalue weighted by Crippen LogP contribution is 2.20. The molecule has 6 heteroatoms. The number of halogens is 1. The van der Waals surface area contributed by atoms with Crippen LogP contribution in [0.1, 0.15) is 41.6 Å². The van der Waals surface area contributed by atoms with E-state index in [1.54, 1.807) is 6.07 Å². The van der Waals surface area contributed by atoms with Crippen LogP contribution in [0.5, 0.6) is 5.75 Å². The van der Waals surface area contributed by atoms with Crippen molar-refractivity contribution in [3.63, 3.8) is 0 Å². The van der Waals surface area contributed by atoms with Crippen molar-refractivity contribution in [3.8, 4) is 5.75 Å². The summed E-state index contributed by atoms with van der Waals surface area (Å²) in [5.41, 5.74) is 1.51. The fraction of sp³-hybridized carbons (Fsp3) is 0.611. The number of benzene rings is 1. The SMILES string of the molecule is Cc1cc(OCCCC2CCNCC2)ccc1C(=O)NCCO.Cl. The maximum Gasteiger partial charge on any atom is 0.251 e. The normalized spacial score (nSPS) is 14.8. The molecule has 1 aromatic carbocycles. The molecule has 1 saturated heterocycles. The van der Waals surface area contributed by atoms with Crippen LogP contribution in [0.25, 0.3) is 0 Å². The van der Waals surface area contributed by atoms with Crippen molar-refractivity contribution < 1.29 is 14.6 Å². The molecule has 136 valence electrons. The fourth-order valence-electron chi connectivity index (χ4n) is 2.98. The van der Waals surface area contributed by atoms with Gasteiger partial charge in [0.05, 0.1) is 13.2 Å². The molecule has 1 aliphatic rings. The molecule has 24 heavy (non-hydrogen) atoms. The van der Waals surface area contributed by atoms with Crippen LogP contribution in [0.2, 0.25) is 0 Å². The summed E-state index contributed by atoms with van der Waals surface area (Å²) in [7, 11) is 0. The minimum atomic E-state index is -0.158. The van der Waals surface area contributed by atoms with Crippen molar-refractivity contribution in [2.24, 2.45) is 5.92 Å². The topological polar surface area (TPSA) is 70.6 Å². The minimum absolute atomic E-state index is 0. The Kier molecular flexibility index (Phi) is 9.76. The maximum atomic E-state index is 11.9. The summed E-state index contributed by atoms with van der Waals surface area (Å²) in [4.78, 5) is 11.9. The quantitative estimate of drug-likeness (QED) is 0.625. The number of piperidine rings is 1. The van der Waals surface area contributed by atoms with E-state index in [2.05, 4.69) is 10.6 Å². The molecule has 1 heterocycles. The van der Waals surface area contributed by atoms with Gasteiger partial charge in [-0.3, -0.25) is 4.79 Å². The van der Waals surface area contributed by atoms with Crippen molar-refractivity contribution in [1.82, 2.24) is 10.6 Å². The molecule has 0 atom stereocenters. The second-order valence-corrected chi connectivity index (χ2v) is 6.14. The van der Waals surface area contributed by atoms with Gasteiger partial charge in [0.2, 0.25) is 0 Å². The van der Waals surface area contributed by atoms with Gasteiger partial charge in [-0.2, -0.15) is 0 Å². The van der Waals surface area contributed by atoms with Gasteiger partial charge in [0, 0.05) is 12.1 Å². The Bertz CT molecular complexity index is 505. The molecule has 1 amide bonds. The Morgan fingerprint density at radius 3 is 2.79 bits per heavy atom. The van der Waals surface area contributed by atoms with Crippen LogP contribution in [0.4, 0.5) is 0 Å². The summed E-state index contributed by atoms with van der Waals surface area (Å²) < 4.78 is 5.81. The predicted octanol–water partition coefficient (Wildman–Crippen LogP) is 2.30. The fourth-order valence-corrected chi connectivity index (χ4v) is 2.98. The molecular formula is C18H29ClN2O3. The number of aryl methyl sites for hydroxylation is 1. The van der Waals surface area contributed by atoms with Gasteiger partial charge in [-0.05, 0) is 75.4 Å². The molecule has 0 bridgehead atoms. The largest absolute Gasteiger partial charge is 0.494 e. The number of aliphatic hydroxyl groups is 1. The van der Waals surface area contributed by atoms with E-state index in [-0.39, 0.29) is 31.5 Å². The van der Waals surface area contributed by atoms with Gasteiger partial charge in [0.1, 0.15) is 5.75 Å². The van der Waals surface area contributed by atoms with Crippen LogP contribution in [0.3, 0.4) is 0 Å². The molecule has 1 aromatic rings. The number of carbonyl (C=O) groups is 1. The summed E-state index contributed by atoms with van der Waals surface area (Å²) in [5.74, 6) is 1.49. The molecule has 0 radical (unpaired) electrons. The molecular weight excluding hydrogens is 328 g/mol. The Morgan fingerprint density at radius 2 is 2.12 bits per heavy atom. The number of hydrogen-bond donors (Lipinski definition) is 3. The second-order valence-electron chi connectivity index (χ2n) is 6.14. The molecule has 2 rings (SSSR count). The van der Waals surface area contributed by atoms with Crippen molar-refractivity contribution in [2.45, 2.75) is 32.6 Å². The number of nitrogens with one attached hydrogen (secondary N) is 2. The Balaban J connectivity index is 0.00000288. The third-order valence-corrected chi connectivity index (χ3v) is 4.32. The maximum absolute atomic E-state index is 11.9. The first-order chi connectivity index (χ1) is 11.2. The standard InChI is InChI=1S/C18H28N2O3.ClH/c1-14-13-16(4-5-17(14)18(22)20-10-11-21)23-12-2-3-15-6-8-19-9-7-15;/h4-5,13,15,19,21H,2-3,6-12H2,1H3,(H,20,22);1H. The predicted molar refractivity (Wildman–Crippen MR) is 98.2 cm³/mol. The van der Waals surface area contributed by atoms with Gasteiger partial charge < -0.3 is 20.5 Å². The lowest BCUT2D eigenvalue weighted by atomic mass is 9.93. The first-order valence-corrected chi connectivity index (χ1v) is 8.54. The first-order valence-electron chi connectivity index (χ1n) is 8.54. The van der Waals surface area contributed by atoms with E-state index in [1.807, 2.05) is 19.1 Å². The molecule has 5 nitrogen and oxygen atoms in total. The third-order valence-electron chi connectivity index (χ3n) is 4.32. The Labute approximate surface area is 150 Å². The first kappa shape index (κ1) is 20.7. The Hall–Kier alpha value is -1.30. The van der Waals surface area contributed by atoms with Crippen LogP contribution in [-0.2, 0) is 0 Å². The zero-order valence-corrected chi connectivity index (χ0v) is 15.2. The number of rotatable bonds is 8. The number of amides is 1. The average molecular weight is 357 g/mol. The van der Waals surface area contributed by atoms with Crippen molar-refractivity contribution in [2.75, 3.05) is 32.8 Å². The highest BCUT2D eigenvalue weighted by Gasteiger charge is 2.12. The van der Waals surface area contributed by atoms with Gasteiger partial charge in [-0.15, -0.1) is 12.4 Å². The van der Waals surface area contributed by atoms with Gasteiger partial charge in [-0.25, -0.2) is 0 Å². The van der Waals surface area contributed by atoms with Crippen molar-refractivity contribution in [1.29, 1.82) is 0 Å². The number of carbonyl (C=O) groups excluding carboxylic acids is 1. The second kappa shape index (κ2) is 11.3. The highest BCUT2D eigenvalue weighted by molar-refractivity contribution is 5.95. The van der Waals surface area contributed by atoms with Gasteiger partial charge in [0.15, 0.2) is 0 Å². The van der Waals surface area contributed by atoms with E-state index in [1.165, 1.54) is 19.3 Å². The average Bonchev–Trinajstić information content (AvgIpc) is 2.57. The molecule has 0 aliphatic carbocycles. The third kappa shape index (κ3) is 6.67. The smallest absolute Gasteiger partial charge is 0.251 e. The van der Waals surface area contributed by atoms with Gasteiger partial charge in [-0.1, -0.05) is 0 Å². The number of hydrogen-bond acceptors (Lipinski definition) is 4. The summed E-state index contributed by atoms with van der Waals surface area (Å²) in [6.07, 6.45) is 4.85. The zero-order chi connectivity index (χ0) is 16.5. The summed E-state index contributed by atoms with van der Waals surface area (Å²) in [6, 6.07) is 5.52. The van der Waals surface area contributed by atoms with Gasteiger partial charge in [0.25, 0.3) is 5.91 Å². The summed E-state index contributed by atoms with van der Waals surface area (Å²) >= 11 is 0. The lowest BCUT2D eigenvalue weighted by Crippen LogP contribution is -2.27. The lowest BCUT2D eigenvalue weighted by molar-refractivity contribution is 0.0944. The summed E-state index contributed by atoms with van der Waals surface area (Å²) in [5, 5.41) is 14.8. The van der Waals surface area contributed by atoms with E-state index in [0.29, 0.717) is 5.56 Å². The van der Waals surface area contributed by atoms with E-state index in [9.17, 15) is 4.79 Å². The van der Waals surface area contributed by atoms with Crippen LogP contribution < -0.4 is 15.4 Å². The highest BCUT2D eigenvalue weighted by atomic mass is 35.5. The minimum Gasteiger partial charge on any atom is -0.494 e. The van der Waals surface area contributed by atoms with Crippen molar-refractivity contribution >= 4 is 18.3 Å². The molecule has 3 N–H and O–H groups in total. The molecule has 0 saturated carbocycles. The van der Waals surface area contributed by atoms with Crippen molar-refractivity contribution in [3.05, 3.63) is 29.3 Å². The number of ether oxygens (including phenoxy) is 1. The monoisotopic (exact) mass is 356 g/mol. The lowest BCUT2D eigenvalue weighted by Gasteiger charge is -2.22.